The van der Waals surface area contributed by atoms with Gasteiger partial charge in [-0.25, -0.2) is 0 Å². The second-order valence-electron chi connectivity index (χ2n) is 5.76. The molecule has 0 aliphatic carbocycles. The fraction of sp³-hybridized carbons (Fsp3) is 0.562. The van der Waals surface area contributed by atoms with Gasteiger partial charge in [0, 0.05) is 25.6 Å². The number of rotatable bonds is 3. The molecule has 1 aromatic heterocycles. The molecule has 0 spiro atoms. The number of hydrogen-bond acceptors (Lipinski definition) is 4. The number of fused-ring (bicyclic) bond motifs is 1. The number of amides is 2. The summed E-state index contributed by atoms with van der Waals surface area (Å²) in [7, 11) is 1.56. The van der Waals surface area contributed by atoms with Crippen molar-refractivity contribution in [2.45, 2.75) is 32.1 Å². The number of ether oxygens (including phenoxy) is 1. The van der Waals surface area contributed by atoms with E-state index in [0.717, 1.165) is 31.2 Å². The zero-order valence-electron chi connectivity index (χ0n) is 12.9. The fourth-order valence-corrected chi connectivity index (χ4v) is 3.04. The van der Waals surface area contributed by atoms with Crippen LogP contribution in [-0.2, 0) is 16.0 Å². The Hall–Kier alpha value is -2.11. The third-order valence-electron chi connectivity index (χ3n) is 4.30. The summed E-state index contributed by atoms with van der Waals surface area (Å²) in [5.74, 6) is 1.20. The number of likely N-dealkylation sites (tertiary alicyclic amines) is 1. The van der Waals surface area contributed by atoms with Crippen molar-refractivity contribution >= 4 is 17.6 Å². The van der Waals surface area contributed by atoms with Crippen LogP contribution in [0.5, 0.6) is 5.88 Å². The predicted octanol–water partition coefficient (Wildman–Crippen LogP) is 1.38. The summed E-state index contributed by atoms with van der Waals surface area (Å²) in [6.07, 6.45) is 4.31. The van der Waals surface area contributed by atoms with Gasteiger partial charge >= 0.3 is 0 Å². The van der Waals surface area contributed by atoms with Crippen molar-refractivity contribution in [3.05, 3.63) is 17.7 Å². The topological polar surface area (TPSA) is 62.7 Å². The molecule has 1 saturated heterocycles. The summed E-state index contributed by atoms with van der Waals surface area (Å²) in [5, 5.41) is 0. The average molecular weight is 303 g/mol. The van der Waals surface area contributed by atoms with E-state index in [9.17, 15) is 9.59 Å². The Morgan fingerprint density at radius 2 is 2.09 bits per heavy atom. The highest BCUT2D eigenvalue weighted by atomic mass is 16.5. The molecule has 1 fully saturated rings. The molecule has 0 bridgehead atoms. The van der Waals surface area contributed by atoms with E-state index in [-0.39, 0.29) is 18.4 Å². The monoisotopic (exact) mass is 303 g/mol. The van der Waals surface area contributed by atoms with E-state index in [1.165, 1.54) is 0 Å². The summed E-state index contributed by atoms with van der Waals surface area (Å²) in [5.41, 5.74) is 1.05. The second-order valence-corrected chi connectivity index (χ2v) is 5.76. The summed E-state index contributed by atoms with van der Waals surface area (Å²) in [4.78, 5) is 32.4. The Morgan fingerprint density at radius 3 is 2.91 bits per heavy atom. The van der Waals surface area contributed by atoms with Crippen LogP contribution in [0.3, 0.4) is 0 Å². The van der Waals surface area contributed by atoms with Crippen molar-refractivity contribution in [3.63, 3.8) is 0 Å². The minimum Gasteiger partial charge on any atom is -0.481 e. The van der Waals surface area contributed by atoms with Crippen LogP contribution in [-0.4, -0.2) is 48.4 Å². The molecular formula is C16H21N3O3. The van der Waals surface area contributed by atoms with Gasteiger partial charge in [0.05, 0.1) is 7.11 Å². The molecule has 3 rings (SSSR count). The number of pyridine rings is 1. The first-order valence-corrected chi connectivity index (χ1v) is 7.81. The third kappa shape index (κ3) is 2.91. The number of aromatic nitrogens is 1. The van der Waals surface area contributed by atoms with Crippen molar-refractivity contribution in [2.75, 3.05) is 31.6 Å². The van der Waals surface area contributed by atoms with Crippen LogP contribution in [0.15, 0.2) is 12.1 Å². The van der Waals surface area contributed by atoms with Crippen molar-refractivity contribution in [1.82, 2.24) is 9.88 Å². The Bertz CT molecular complexity index is 588. The van der Waals surface area contributed by atoms with E-state index in [0.29, 0.717) is 31.2 Å². The van der Waals surface area contributed by atoms with Crippen molar-refractivity contribution in [1.29, 1.82) is 0 Å². The van der Waals surface area contributed by atoms with Gasteiger partial charge in [0.1, 0.15) is 12.4 Å². The van der Waals surface area contributed by atoms with Crippen molar-refractivity contribution < 1.29 is 14.3 Å². The smallest absolute Gasteiger partial charge is 0.247 e. The lowest BCUT2D eigenvalue weighted by molar-refractivity contribution is -0.134. The molecule has 118 valence electrons. The van der Waals surface area contributed by atoms with Gasteiger partial charge in [-0.1, -0.05) is 6.42 Å². The van der Waals surface area contributed by atoms with Gasteiger partial charge < -0.3 is 9.64 Å². The first-order valence-electron chi connectivity index (χ1n) is 7.81. The van der Waals surface area contributed by atoms with E-state index in [1.807, 2.05) is 12.1 Å². The van der Waals surface area contributed by atoms with Crippen LogP contribution < -0.4 is 9.64 Å². The zero-order valence-corrected chi connectivity index (χ0v) is 12.9. The summed E-state index contributed by atoms with van der Waals surface area (Å²) in [6.45, 7) is 1.45. The van der Waals surface area contributed by atoms with Crippen LogP contribution in [0.2, 0.25) is 0 Å². The molecule has 2 aliphatic rings. The number of anilines is 1. The molecular weight excluding hydrogens is 282 g/mol. The quantitative estimate of drug-likeness (QED) is 0.846. The highest BCUT2D eigenvalue weighted by Gasteiger charge is 2.29. The first kappa shape index (κ1) is 14.8. The highest BCUT2D eigenvalue weighted by Crippen LogP contribution is 2.28. The summed E-state index contributed by atoms with van der Waals surface area (Å²) >= 11 is 0. The maximum absolute atomic E-state index is 12.6. The lowest BCUT2D eigenvalue weighted by Gasteiger charge is -2.23. The molecule has 6 heteroatoms. The lowest BCUT2D eigenvalue weighted by Crippen LogP contribution is -2.42. The lowest BCUT2D eigenvalue weighted by atomic mass is 10.2. The van der Waals surface area contributed by atoms with E-state index >= 15 is 0 Å². The normalized spacial score (nSPS) is 18.1. The highest BCUT2D eigenvalue weighted by molar-refractivity contribution is 5.97. The van der Waals surface area contributed by atoms with E-state index < -0.39 is 0 Å². The molecule has 0 saturated carbocycles. The first-order chi connectivity index (χ1) is 10.7. The van der Waals surface area contributed by atoms with E-state index in [2.05, 4.69) is 4.98 Å². The average Bonchev–Trinajstić information content (AvgIpc) is 2.85. The molecule has 0 unspecified atom stereocenters. The fourth-order valence-electron chi connectivity index (χ4n) is 3.04. The van der Waals surface area contributed by atoms with E-state index in [1.54, 1.807) is 16.9 Å². The maximum Gasteiger partial charge on any atom is 0.247 e. The van der Waals surface area contributed by atoms with Gasteiger partial charge in [-0.2, -0.15) is 4.98 Å². The Balaban J connectivity index is 1.73. The summed E-state index contributed by atoms with van der Waals surface area (Å²) in [6, 6.07) is 3.76. The number of hydrogen-bond donors (Lipinski definition) is 0. The SMILES string of the molecule is COc1ccc2c(n1)N(C(=O)CN1CCCCCC1=O)CC2. The van der Waals surface area contributed by atoms with Gasteiger partial charge in [0.25, 0.3) is 0 Å². The van der Waals surface area contributed by atoms with E-state index in [4.69, 9.17) is 4.74 Å². The van der Waals surface area contributed by atoms with Crippen LogP contribution >= 0.6 is 0 Å². The Labute approximate surface area is 130 Å². The number of carbonyl (C=O) groups is 2. The van der Waals surface area contributed by atoms with Gasteiger partial charge in [-0.15, -0.1) is 0 Å². The molecule has 6 nitrogen and oxygen atoms in total. The molecule has 0 N–H and O–H groups in total. The van der Waals surface area contributed by atoms with Crippen molar-refractivity contribution in [2.24, 2.45) is 0 Å². The molecule has 1 aromatic rings. The van der Waals surface area contributed by atoms with Crippen molar-refractivity contribution in [3.8, 4) is 5.88 Å². The molecule has 2 aliphatic heterocycles. The van der Waals surface area contributed by atoms with Crippen LogP contribution in [0, 0.1) is 0 Å². The number of methoxy groups -OCH3 is 1. The summed E-state index contributed by atoms with van der Waals surface area (Å²) < 4.78 is 5.14. The molecule has 0 radical (unpaired) electrons. The molecule has 2 amide bonds. The van der Waals surface area contributed by atoms with Gasteiger partial charge in [-0.05, 0) is 30.9 Å². The largest absolute Gasteiger partial charge is 0.481 e. The molecule has 3 heterocycles. The van der Waals surface area contributed by atoms with Crippen LogP contribution in [0.25, 0.3) is 0 Å². The molecule has 22 heavy (non-hydrogen) atoms. The molecule has 0 aromatic carbocycles. The number of nitrogens with zero attached hydrogens (tertiary/aromatic N) is 3. The zero-order chi connectivity index (χ0) is 15.5. The maximum atomic E-state index is 12.6. The predicted molar refractivity (Wildman–Crippen MR) is 81.9 cm³/mol. The van der Waals surface area contributed by atoms with Gasteiger partial charge in [0.15, 0.2) is 0 Å². The van der Waals surface area contributed by atoms with Gasteiger partial charge in [0.2, 0.25) is 17.7 Å². The van der Waals surface area contributed by atoms with Gasteiger partial charge in [-0.3, -0.25) is 14.5 Å². The Kier molecular flexibility index (Phi) is 4.27. The Morgan fingerprint density at radius 1 is 1.23 bits per heavy atom. The second kappa shape index (κ2) is 6.34. The minimum absolute atomic E-state index is 0.0604. The van der Waals surface area contributed by atoms with Crippen LogP contribution in [0.1, 0.15) is 31.2 Å². The minimum atomic E-state index is -0.0604. The standard InChI is InChI=1S/C16H21N3O3/c1-22-13-7-6-12-8-10-19(16(12)17-13)15(21)11-18-9-4-2-3-5-14(18)20/h6-7H,2-5,8-11H2,1H3. The number of carbonyl (C=O) groups excluding carboxylic acids is 2. The van der Waals surface area contributed by atoms with Crippen LogP contribution in [0.4, 0.5) is 5.82 Å². The third-order valence-corrected chi connectivity index (χ3v) is 4.30. The molecule has 0 atom stereocenters.